The number of anilines is 1. The number of rotatable bonds is 4. The zero-order valence-electron chi connectivity index (χ0n) is 11.7. The van der Waals surface area contributed by atoms with Crippen molar-refractivity contribution >= 4 is 17.5 Å². The van der Waals surface area contributed by atoms with Crippen molar-refractivity contribution in [3.8, 4) is 6.07 Å². The number of carbonyl (C=O) groups is 2. The van der Waals surface area contributed by atoms with Crippen molar-refractivity contribution in [2.75, 3.05) is 11.9 Å². The number of hydrogen-bond acceptors (Lipinski definition) is 4. The smallest absolute Gasteiger partial charge is 0.313 e. The Bertz CT molecular complexity index is 600. The molecule has 1 aliphatic rings. The van der Waals surface area contributed by atoms with E-state index in [0.717, 1.165) is 12.8 Å². The third-order valence-corrected chi connectivity index (χ3v) is 3.57. The molecule has 0 aliphatic heterocycles. The number of nitriles is 1. The molecule has 1 unspecified atom stereocenters. The van der Waals surface area contributed by atoms with E-state index in [0.29, 0.717) is 0 Å². The lowest BCUT2D eigenvalue weighted by Gasteiger charge is -2.22. The zero-order valence-corrected chi connectivity index (χ0v) is 11.7. The van der Waals surface area contributed by atoms with Crippen LogP contribution in [-0.4, -0.2) is 29.1 Å². The van der Waals surface area contributed by atoms with Gasteiger partial charge in [-0.05, 0) is 37.8 Å². The molecule has 1 aromatic rings. The molecule has 6 nitrogen and oxygen atoms in total. The molecule has 1 aromatic carbocycles. The second-order valence-corrected chi connectivity index (χ2v) is 5.43. The highest BCUT2D eigenvalue weighted by atomic mass is 16.3. The Morgan fingerprint density at radius 2 is 2.05 bits per heavy atom. The van der Waals surface area contributed by atoms with Crippen LogP contribution >= 0.6 is 0 Å². The van der Waals surface area contributed by atoms with Crippen LogP contribution in [0.4, 0.5) is 5.69 Å². The number of amides is 2. The van der Waals surface area contributed by atoms with Gasteiger partial charge in [-0.3, -0.25) is 9.59 Å². The normalized spacial score (nSPS) is 16.4. The van der Waals surface area contributed by atoms with E-state index in [1.165, 1.54) is 0 Å². The summed E-state index contributed by atoms with van der Waals surface area (Å²) in [5, 5.41) is 23.8. The Balaban J connectivity index is 1.91. The van der Waals surface area contributed by atoms with Gasteiger partial charge in [0.25, 0.3) is 0 Å². The summed E-state index contributed by atoms with van der Waals surface area (Å²) in [6.45, 7) is 1.68. The molecule has 1 fully saturated rings. The highest BCUT2D eigenvalue weighted by Crippen LogP contribution is 2.38. The number of nitrogens with zero attached hydrogens (tertiary/aromatic N) is 1. The minimum Gasteiger partial charge on any atom is -0.388 e. The molecule has 0 heterocycles. The summed E-state index contributed by atoms with van der Waals surface area (Å²) in [6.07, 6.45) is 1.87. The molecule has 2 rings (SSSR count). The summed E-state index contributed by atoms with van der Waals surface area (Å²) in [5.41, 5.74) is -0.418. The van der Waals surface area contributed by atoms with Crippen molar-refractivity contribution in [2.45, 2.75) is 25.4 Å². The van der Waals surface area contributed by atoms with Crippen LogP contribution in [0.3, 0.4) is 0 Å². The fraction of sp³-hybridized carbons (Fsp3) is 0.400. The summed E-state index contributed by atoms with van der Waals surface area (Å²) in [6, 6.07) is 8.35. The van der Waals surface area contributed by atoms with E-state index in [1.54, 1.807) is 31.2 Å². The molecule has 0 aromatic heterocycles. The number of carbonyl (C=O) groups excluding carboxylic acids is 2. The lowest BCUT2D eigenvalue weighted by atomic mass is 10.0. The molecular formula is C15H17N3O3. The van der Waals surface area contributed by atoms with Crippen molar-refractivity contribution in [3.05, 3.63) is 29.8 Å². The SMILES string of the molecule is CC(O)(CNC(=O)C(=O)Nc1ccccc1C#N)C1CC1. The lowest BCUT2D eigenvalue weighted by molar-refractivity contribution is -0.136. The average Bonchev–Trinajstić information content (AvgIpc) is 3.30. The van der Waals surface area contributed by atoms with Crippen LogP contribution in [0.5, 0.6) is 0 Å². The first-order valence-corrected chi connectivity index (χ1v) is 6.75. The van der Waals surface area contributed by atoms with E-state index >= 15 is 0 Å². The third kappa shape index (κ3) is 3.80. The van der Waals surface area contributed by atoms with Gasteiger partial charge in [0.15, 0.2) is 0 Å². The van der Waals surface area contributed by atoms with Gasteiger partial charge in [-0.2, -0.15) is 5.26 Å². The molecule has 6 heteroatoms. The summed E-state index contributed by atoms with van der Waals surface area (Å²) in [7, 11) is 0. The molecule has 110 valence electrons. The second kappa shape index (κ2) is 5.94. The molecule has 0 bridgehead atoms. The number of nitrogens with one attached hydrogen (secondary N) is 2. The van der Waals surface area contributed by atoms with Crippen LogP contribution in [0.15, 0.2) is 24.3 Å². The monoisotopic (exact) mass is 287 g/mol. The number of para-hydroxylation sites is 1. The van der Waals surface area contributed by atoms with Crippen LogP contribution in [0, 0.1) is 17.2 Å². The maximum Gasteiger partial charge on any atom is 0.313 e. The van der Waals surface area contributed by atoms with Crippen LogP contribution in [-0.2, 0) is 9.59 Å². The van der Waals surface area contributed by atoms with Crippen LogP contribution < -0.4 is 10.6 Å². The summed E-state index contributed by atoms with van der Waals surface area (Å²) in [5.74, 6) is -1.51. The van der Waals surface area contributed by atoms with E-state index in [4.69, 9.17) is 5.26 Å². The lowest BCUT2D eigenvalue weighted by Crippen LogP contribution is -2.45. The van der Waals surface area contributed by atoms with Crippen LogP contribution in [0.2, 0.25) is 0 Å². The van der Waals surface area contributed by atoms with Gasteiger partial charge >= 0.3 is 11.8 Å². The first-order valence-electron chi connectivity index (χ1n) is 6.75. The van der Waals surface area contributed by atoms with E-state index in [-0.39, 0.29) is 23.7 Å². The molecule has 2 amide bonds. The predicted octanol–water partition coefficient (Wildman–Crippen LogP) is 0.774. The minimum absolute atomic E-state index is 0.0316. The molecule has 3 N–H and O–H groups in total. The molecule has 1 saturated carbocycles. The van der Waals surface area contributed by atoms with E-state index < -0.39 is 17.4 Å². The van der Waals surface area contributed by atoms with Crippen molar-refractivity contribution in [1.29, 1.82) is 5.26 Å². The zero-order chi connectivity index (χ0) is 15.5. The van der Waals surface area contributed by atoms with Gasteiger partial charge in [0.2, 0.25) is 0 Å². The van der Waals surface area contributed by atoms with Gasteiger partial charge < -0.3 is 15.7 Å². The first-order chi connectivity index (χ1) is 9.94. The van der Waals surface area contributed by atoms with E-state index in [1.807, 2.05) is 6.07 Å². The van der Waals surface area contributed by atoms with Gasteiger partial charge in [-0.15, -0.1) is 0 Å². The molecular weight excluding hydrogens is 270 g/mol. The standard InChI is InChI=1S/C15H17N3O3/c1-15(21,11-6-7-11)9-17-13(19)14(20)18-12-5-3-2-4-10(12)8-16/h2-5,11,21H,6-7,9H2,1H3,(H,17,19)(H,18,20). The third-order valence-electron chi connectivity index (χ3n) is 3.57. The maximum atomic E-state index is 11.8. The Hall–Kier alpha value is -2.39. The highest BCUT2D eigenvalue weighted by molar-refractivity contribution is 6.39. The van der Waals surface area contributed by atoms with Gasteiger partial charge in [0.1, 0.15) is 6.07 Å². The topological polar surface area (TPSA) is 102 Å². The van der Waals surface area contributed by atoms with Crippen LogP contribution in [0.1, 0.15) is 25.3 Å². The molecule has 21 heavy (non-hydrogen) atoms. The minimum atomic E-state index is -0.986. The number of benzene rings is 1. The summed E-state index contributed by atoms with van der Waals surface area (Å²) in [4.78, 5) is 23.5. The average molecular weight is 287 g/mol. The van der Waals surface area contributed by atoms with E-state index in [2.05, 4.69) is 10.6 Å². The van der Waals surface area contributed by atoms with Gasteiger partial charge in [0, 0.05) is 6.54 Å². The highest BCUT2D eigenvalue weighted by Gasteiger charge is 2.40. The molecule has 0 spiro atoms. The fourth-order valence-electron chi connectivity index (χ4n) is 2.06. The summed E-state index contributed by atoms with van der Waals surface area (Å²) < 4.78 is 0. The fourth-order valence-corrected chi connectivity index (χ4v) is 2.06. The Labute approximate surface area is 122 Å². The van der Waals surface area contributed by atoms with E-state index in [9.17, 15) is 14.7 Å². The molecule has 1 atom stereocenters. The predicted molar refractivity (Wildman–Crippen MR) is 76.1 cm³/mol. The molecule has 0 saturated heterocycles. The number of hydrogen-bond donors (Lipinski definition) is 3. The van der Waals surface area contributed by atoms with Crippen molar-refractivity contribution in [2.24, 2.45) is 5.92 Å². The second-order valence-electron chi connectivity index (χ2n) is 5.43. The van der Waals surface area contributed by atoms with Crippen molar-refractivity contribution in [1.82, 2.24) is 5.32 Å². The maximum absolute atomic E-state index is 11.8. The van der Waals surface area contributed by atoms with Crippen molar-refractivity contribution < 1.29 is 14.7 Å². The van der Waals surface area contributed by atoms with Crippen molar-refractivity contribution in [3.63, 3.8) is 0 Å². The molecule has 1 aliphatic carbocycles. The Kier molecular flexibility index (Phi) is 4.24. The van der Waals surface area contributed by atoms with Gasteiger partial charge in [-0.25, -0.2) is 0 Å². The quantitative estimate of drug-likeness (QED) is 0.712. The summed E-state index contributed by atoms with van der Waals surface area (Å²) >= 11 is 0. The largest absolute Gasteiger partial charge is 0.388 e. The Morgan fingerprint density at radius 3 is 2.67 bits per heavy atom. The molecule has 0 radical (unpaired) electrons. The van der Waals surface area contributed by atoms with Gasteiger partial charge in [0.05, 0.1) is 16.9 Å². The number of aliphatic hydroxyl groups is 1. The first kappa shape index (κ1) is 15.0. The van der Waals surface area contributed by atoms with Gasteiger partial charge in [-0.1, -0.05) is 12.1 Å². The van der Waals surface area contributed by atoms with Crippen LogP contribution in [0.25, 0.3) is 0 Å². The Morgan fingerprint density at radius 1 is 1.38 bits per heavy atom.